The highest BCUT2D eigenvalue weighted by Crippen LogP contribution is 2.27. The fourth-order valence-corrected chi connectivity index (χ4v) is 2.93. The summed E-state index contributed by atoms with van der Waals surface area (Å²) in [6, 6.07) is 0. The average Bonchev–Trinajstić information content (AvgIpc) is 2.09. The van der Waals surface area contributed by atoms with E-state index in [-0.39, 0.29) is 5.54 Å². The highest BCUT2D eigenvalue weighted by molar-refractivity contribution is 7.87. The molecule has 1 rings (SSSR count). The second kappa shape index (κ2) is 4.37. The van der Waals surface area contributed by atoms with Gasteiger partial charge in [-0.05, 0) is 12.3 Å². The molecule has 90 valence electrons. The lowest BCUT2D eigenvalue weighted by molar-refractivity contribution is 0.109. The third-order valence-electron chi connectivity index (χ3n) is 2.97. The van der Waals surface area contributed by atoms with Crippen molar-refractivity contribution in [3.05, 3.63) is 0 Å². The maximum absolute atomic E-state index is 11.6. The number of nitrogens with one attached hydrogen (secondary N) is 1. The van der Waals surface area contributed by atoms with Crippen molar-refractivity contribution >= 4 is 10.2 Å². The summed E-state index contributed by atoms with van der Waals surface area (Å²) < 4.78 is 27.2. The number of rotatable bonds is 5. The van der Waals surface area contributed by atoms with Gasteiger partial charge in [0.15, 0.2) is 0 Å². The summed E-state index contributed by atoms with van der Waals surface area (Å²) >= 11 is 0. The summed E-state index contributed by atoms with van der Waals surface area (Å²) in [4.78, 5) is 0. The Morgan fingerprint density at radius 3 is 2.40 bits per heavy atom. The predicted molar refractivity (Wildman–Crippen MR) is 60.5 cm³/mol. The molecule has 0 atom stereocenters. The molecule has 1 aliphatic heterocycles. The molecule has 0 bridgehead atoms. The lowest BCUT2D eigenvalue weighted by Gasteiger charge is -2.49. The second-order valence-electron chi connectivity index (χ2n) is 4.56. The Kier molecular flexibility index (Phi) is 3.76. The Bertz CT molecular complexity index is 307. The van der Waals surface area contributed by atoms with Crippen LogP contribution >= 0.6 is 0 Å². The Morgan fingerprint density at radius 1 is 1.47 bits per heavy atom. The molecular formula is C9H21N3O2S. The molecule has 0 saturated carbocycles. The van der Waals surface area contributed by atoms with Crippen LogP contribution in [0.3, 0.4) is 0 Å². The SMILES string of the molecule is CCCNS(=O)(=O)N1CC(N)(C(C)C)C1. The standard InChI is InChI=1S/C9H21N3O2S/c1-4-5-11-15(13,14)12-6-9(10,7-12)8(2)3/h8,11H,4-7,10H2,1-3H3. The summed E-state index contributed by atoms with van der Waals surface area (Å²) in [6.45, 7) is 7.29. The van der Waals surface area contributed by atoms with Crippen LogP contribution in [0.5, 0.6) is 0 Å². The zero-order valence-corrected chi connectivity index (χ0v) is 10.5. The van der Waals surface area contributed by atoms with Gasteiger partial charge in [0.05, 0.1) is 0 Å². The first-order valence-corrected chi connectivity index (χ1v) is 6.79. The molecule has 3 N–H and O–H groups in total. The van der Waals surface area contributed by atoms with Gasteiger partial charge >= 0.3 is 0 Å². The van der Waals surface area contributed by atoms with Crippen molar-refractivity contribution in [2.45, 2.75) is 32.7 Å². The molecule has 0 aromatic carbocycles. The summed E-state index contributed by atoms with van der Waals surface area (Å²) in [5, 5.41) is 0. The van der Waals surface area contributed by atoms with Crippen LogP contribution in [0.1, 0.15) is 27.2 Å². The highest BCUT2D eigenvalue weighted by Gasteiger charge is 2.46. The van der Waals surface area contributed by atoms with Gasteiger partial charge in [-0.3, -0.25) is 0 Å². The highest BCUT2D eigenvalue weighted by atomic mass is 32.2. The van der Waals surface area contributed by atoms with E-state index in [1.807, 2.05) is 20.8 Å². The van der Waals surface area contributed by atoms with E-state index in [4.69, 9.17) is 5.73 Å². The number of hydrogen-bond donors (Lipinski definition) is 2. The monoisotopic (exact) mass is 235 g/mol. The number of nitrogens with two attached hydrogens (primary N) is 1. The van der Waals surface area contributed by atoms with Crippen LogP contribution in [0.25, 0.3) is 0 Å². The van der Waals surface area contributed by atoms with E-state index in [1.165, 1.54) is 4.31 Å². The van der Waals surface area contributed by atoms with Crippen LogP contribution in [0.4, 0.5) is 0 Å². The summed E-state index contributed by atoms with van der Waals surface area (Å²) in [6.07, 6.45) is 0.797. The molecule has 0 aromatic rings. The molecule has 1 fully saturated rings. The van der Waals surface area contributed by atoms with Crippen molar-refractivity contribution in [3.63, 3.8) is 0 Å². The summed E-state index contributed by atoms with van der Waals surface area (Å²) in [7, 11) is -3.29. The average molecular weight is 235 g/mol. The first-order chi connectivity index (χ1) is 6.82. The first-order valence-electron chi connectivity index (χ1n) is 5.35. The van der Waals surface area contributed by atoms with Crippen molar-refractivity contribution in [2.24, 2.45) is 11.7 Å². The van der Waals surface area contributed by atoms with E-state index >= 15 is 0 Å². The molecule has 0 radical (unpaired) electrons. The van der Waals surface area contributed by atoms with E-state index in [0.29, 0.717) is 25.6 Å². The minimum absolute atomic E-state index is 0.301. The quantitative estimate of drug-likeness (QED) is 0.698. The van der Waals surface area contributed by atoms with E-state index < -0.39 is 10.2 Å². The van der Waals surface area contributed by atoms with Crippen LogP contribution in [-0.2, 0) is 10.2 Å². The van der Waals surface area contributed by atoms with Crippen LogP contribution < -0.4 is 10.5 Å². The third-order valence-corrected chi connectivity index (χ3v) is 4.47. The van der Waals surface area contributed by atoms with Crippen LogP contribution in [0.15, 0.2) is 0 Å². The fourth-order valence-electron chi connectivity index (χ4n) is 1.47. The van der Waals surface area contributed by atoms with E-state index in [0.717, 1.165) is 6.42 Å². The largest absolute Gasteiger partial charge is 0.323 e. The molecule has 5 nitrogen and oxygen atoms in total. The number of hydrogen-bond acceptors (Lipinski definition) is 3. The van der Waals surface area contributed by atoms with Crippen molar-refractivity contribution in [1.29, 1.82) is 0 Å². The zero-order valence-electron chi connectivity index (χ0n) is 9.66. The van der Waals surface area contributed by atoms with Crippen LogP contribution in [0, 0.1) is 5.92 Å². The Labute approximate surface area is 92.2 Å². The molecule has 0 aliphatic carbocycles. The fraction of sp³-hybridized carbons (Fsp3) is 1.00. The predicted octanol–water partition coefficient (Wildman–Crippen LogP) is -0.100. The number of nitrogens with zero attached hydrogens (tertiary/aromatic N) is 1. The van der Waals surface area contributed by atoms with Gasteiger partial charge in [0.1, 0.15) is 0 Å². The Balaban J connectivity index is 2.51. The van der Waals surface area contributed by atoms with Gasteiger partial charge in [0.2, 0.25) is 0 Å². The molecule has 0 amide bonds. The van der Waals surface area contributed by atoms with E-state index in [1.54, 1.807) is 0 Å². The van der Waals surface area contributed by atoms with Crippen molar-refractivity contribution in [3.8, 4) is 0 Å². The lowest BCUT2D eigenvalue weighted by Crippen LogP contribution is -2.72. The van der Waals surface area contributed by atoms with Crippen molar-refractivity contribution in [1.82, 2.24) is 9.03 Å². The maximum atomic E-state index is 11.6. The molecule has 0 unspecified atom stereocenters. The van der Waals surface area contributed by atoms with Crippen LogP contribution in [-0.4, -0.2) is 37.9 Å². The van der Waals surface area contributed by atoms with Gasteiger partial charge in [0, 0.05) is 25.2 Å². The molecule has 1 saturated heterocycles. The lowest BCUT2D eigenvalue weighted by atomic mass is 9.82. The Morgan fingerprint density at radius 2 is 2.00 bits per heavy atom. The minimum atomic E-state index is -3.29. The topological polar surface area (TPSA) is 75.4 Å². The van der Waals surface area contributed by atoms with Gasteiger partial charge < -0.3 is 5.73 Å². The van der Waals surface area contributed by atoms with Crippen molar-refractivity contribution in [2.75, 3.05) is 19.6 Å². The molecule has 15 heavy (non-hydrogen) atoms. The molecule has 0 spiro atoms. The van der Waals surface area contributed by atoms with Crippen LogP contribution in [0.2, 0.25) is 0 Å². The zero-order chi connectivity index (χ0) is 11.7. The van der Waals surface area contributed by atoms with Gasteiger partial charge in [-0.15, -0.1) is 0 Å². The maximum Gasteiger partial charge on any atom is 0.279 e. The van der Waals surface area contributed by atoms with Gasteiger partial charge in [-0.1, -0.05) is 20.8 Å². The Hall–Kier alpha value is -0.170. The van der Waals surface area contributed by atoms with E-state index in [2.05, 4.69) is 4.72 Å². The molecular weight excluding hydrogens is 214 g/mol. The smallest absolute Gasteiger partial charge is 0.279 e. The first kappa shape index (κ1) is 12.9. The van der Waals surface area contributed by atoms with Gasteiger partial charge in [0.25, 0.3) is 10.2 Å². The summed E-state index contributed by atoms with van der Waals surface area (Å²) in [5.74, 6) is 0.301. The molecule has 0 aromatic heterocycles. The molecule has 1 aliphatic rings. The van der Waals surface area contributed by atoms with E-state index in [9.17, 15) is 8.42 Å². The normalized spacial score (nSPS) is 21.7. The van der Waals surface area contributed by atoms with Crippen molar-refractivity contribution < 1.29 is 8.42 Å². The summed E-state index contributed by atoms with van der Waals surface area (Å²) in [5.41, 5.74) is 5.68. The van der Waals surface area contributed by atoms with Gasteiger partial charge in [-0.25, -0.2) is 4.72 Å². The van der Waals surface area contributed by atoms with Gasteiger partial charge in [-0.2, -0.15) is 12.7 Å². The second-order valence-corrected chi connectivity index (χ2v) is 6.31. The molecule has 1 heterocycles. The molecule has 6 heteroatoms. The minimum Gasteiger partial charge on any atom is -0.323 e. The third kappa shape index (κ3) is 2.69.